The number of anilines is 1. The first kappa shape index (κ1) is 17.5. The zero-order valence-corrected chi connectivity index (χ0v) is 16.1. The summed E-state index contributed by atoms with van der Waals surface area (Å²) in [5.74, 6) is 2.12. The van der Waals surface area contributed by atoms with Crippen molar-refractivity contribution in [3.8, 4) is 22.6 Å². The number of benzene rings is 3. The van der Waals surface area contributed by atoms with Crippen LogP contribution in [0.15, 0.2) is 77.9 Å². The fourth-order valence-electron chi connectivity index (χ4n) is 3.28. The Bertz CT molecular complexity index is 1230. The van der Waals surface area contributed by atoms with Crippen LogP contribution in [0.3, 0.4) is 0 Å². The molecule has 0 aliphatic carbocycles. The number of hydrazone groups is 1. The van der Waals surface area contributed by atoms with E-state index in [0.717, 1.165) is 39.1 Å². The van der Waals surface area contributed by atoms with Crippen molar-refractivity contribution in [2.24, 2.45) is 5.10 Å². The van der Waals surface area contributed by atoms with Crippen molar-refractivity contribution in [3.05, 3.63) is 83.4 Å². The molecular weight excluding hydrogens is 386 g/mol. The highest BCUT2D eigenvalue weighted by molar-refractivity contribution is 6.31. The molecule has 2 heterocycles. The predicted molar refractivity (Wildman–Crippen MR) is 116 cm³/mol. The summed E-state index contributed by atoms with van der Waals surface area (Å²) < 4.78 is 10.7. The van der Waals surface area contributed by atoms with E-state index in [9.17, 15) is 0 Å². The van der Waals surface area contributed by atoms with E-state index < -0.39 is 0 Å². The van der Waals surface area contributed by atoms with Crippen LogP contribution in [-0.4, -0.2) is 18.0 Å². The lowest BCUT2D eigenvalue weighted by molar-refractivity contribution is 0.174. The molecule has 6 heteroatoms. The molecule has 1 aliphatic rings. The maximum absolute atomic E-state index is 6.22. The van der Waals surface area contributed by atoms with Gasteiger partial charge < -0.3 is 9.47 Å². The van der Waals surface area contributed by atoms with Crippen LogP contribution >= 0.6 is 11.6 Å². The van der Waals surface area contributed by atoms with Crippen molar-refractivity contribution in [2.75, 3.05) is 12.2 Å². The smallest absolute Gasteiger partial charge is 0.231 e. The quantitative estimate of drug-likeness (QED) is 0.350. The summed E-state index contributed by atoms with van der Waals surface area (Å²) in [7, 11) is 0. The monoisotopic (exact) mass is 401 g/mol. The van der Waals surface area contributed by atoms with Gasteiger partial charge in [0, 0.05) is 10.4 Å². The van der Waals surface area contributed by atoms with E-state index in [4.69, 9.17) is 21.1 Å². The molecule has 5 nitrogen and oxygen atoms in total. The van der Waals surface area contributed by atoms with Gasteiger partial charge in [0.25, 0.3) is 0 Å². The third kappa shape index (κ3) is 3.60. The first-order valence-corrected chi connectivity index (χ1v) is 9.48. The number of pyridine rings is 1. The zero-order valence-electron chi connectivity index (χ0n) is 15.3. The van der Waals surface area contributed by atoms with Gasteiger partial charge in [-0.25, -0.2) is 4.98 Å². The summed E-state index contributed by atoms with van der Waals surface area (Å²) in [5.41, 5.74) is 6.90. The minimum atomic E-state index is 0.251. The fourth-order valence-corrected chi connectivity index (χ4v) is 3.45. The second-order valence-electron chi connectivity index (χ2n) is 6.57. The molecule has 0 amide bonds. The summed E-state index contributed by atoms with van der Waals surface area (Å²) in [6.45, 7) is 0.251. The Hall–Kier alpha value is -3.57. The number of rotatable bonds is 4. The van der Waals surface area contributed by atoms with Crippen molar-refractivity contribution in [1.29, 1.82) is 0 Å². The Morgan fingerprint density at radius 3 is 2.69 bits per heavy atom. The normalized spacial score (nSPS) is 12.6. The molecule has 0 bridgehead atoms. The van der Waals surface area contributed by atoms with Gasteiger partial charge in [0.1, 0.15) is 5.82 Å². The molecule has 1 aliphatic heterocycles. The maximum atomic E-state index is 6.22. The van der Waals surface area contributed by atoms with Crippen molar-refractivity contribution < 1.29 is 9.47 Å². The zero-order chi connectivity index (χ0) is 19.6. The highest BCUT2D eigenvalue weighted by Gasteiger charge is 2.12. The molecule has 1 N–H and O–H groups in total. The molecule has 0 saturated heterocycles. The van der Waals surface area contributed by atoms with Crippen molar-refractivity contribution >= 4 is 34.5 Å². The number of aromatic nitrogens is 1. The first-order chi connectivity index (χ1) is 14.3. The molecule has 0 atom stereocenters. The van der Waals surface area contributed by atoms with Gasteiger partial charge >= 0.3 is 0 Å². The number of nitrogens with zero attached hydrogens (tertiary/aromatic N) is 2. The highest BCUT2D eigenvalue weighted by Crippen LogP contribution is 2.33. The number of nitrogens with one attached hydrogen (secondary N) is 1. The van der Waals surface area contributed by atoms with Crippen LogP contribution < -0.4 is 14.9 Å². The van der Waals surface area contributed by atoms with Crippen LogP contribution in [0.2, 0.25) is 5.02 Å². The lowest BCUT2D eigenvalue weighted by atomic mass is 10.0. The SMILES string of the molecule is Clc1ccc2nc(NN=Cc3ccc4c(c3)OCO4)cc(-c3ccccc3)c2c1. The summed E-state index contributed by atoms with van der Waals surface area (Å²) in [5, 5.41) is 6.01. The standard InChI is InChI=1S/C23H16ClN3O2/c24-17-7-8-20-19(11-17)18(16-4-2-1-3-5-16)12-23(26-20)27-25-13-15-6-9-21-22(10-15)29-14-28-21/h1-13H,14H2,(H,26,27). The lowest BCUT2D eigenvalue weighted by Gasteiger charge is -2.10. The summed E-state index contributed by atoms with van der Waals surface area (Å²) in [6, 6.07) is 23.5. The van der Waals surface area contributed by atoms with Crippen LogP contribution in [-0.2, 0) is 0 Å². The summed E-state index contributed by atoms with van der Waals surface area (Å²) in [4.78, 5) is 4.66. The molecule has 0 radical (unpaired) electrons. The van der Waals surface area contributed by atoms with Gasteiger partial charge in [0.05, 0.1) is 11.7 Å². The Kier molecular flexibility index (Phi) is 4.50. The van der Waals surface area contributed by atoms with Gasteiger partial charge in [-0.15, -0.1) is 0 Å². The molecule has 0 fully saturated rings. The van der Waals surface area contributed by atoms with Gasteiger partial charge in [0.15, 0.2) is 11.5 Å². The minimum Gasteiger partial charge on any atom is -0.454 e. The van der Waals surface area contributed by atoms with Crippen molar-refractivity contribution in [2.45, 2.75) is 0 Å². The second-order valence-corrected chi connectivity index (χ2v) is 7.00. The van der Waals surface area contributed by atoms with Crippen LogP contribution in [0.25, 0.3) is 22.0 Å². The van der Waals surface area contributed by atoms with E-state index in [1.807, 2.05) is 60.7 Å². The predicted octanol–water partition coefficient (Wildman–Crippen LogP) is 5.73. The van der Waals surface area contributed by atoms with E-state index >= 15 is 0 Å². The molecule has 142 valence electrons. The molecule has 5 rings (SSSR count). The average molecular weight is 402 g/mol. The van der Waals surface area contributed by atoms with Crippen molar-refractivity contribution in [3.63, 3.8) is 0 Å². The molecule has 0 saturated carbocycles. The van der Waals surface area contributed by atoms with Gasteiger partial charge in [-0.3, -0.25) is 5.43 Å². The number of fused-ring (bicyclic) bond motifs is 2. The first-order valence-electron chi connectivity index (χ1n) is 9.11. The Morgan fingerprint density at radius 1 is 0.931 bits per heavy atom. The number of hydrogen-bond acceptors (Lipinski definition) is 5. The Morgan fingerprint density at radius 2 is 1.79 bits per heavy atom. The minimum absolute atomic E-state index is 0.251. The third-order valence-electron chi connectivity index (χ3n) is 4.64. The topological polar surface area (TPSA) is 55.7 Å². The molecule has 1 aromatic heterocycles. The molecule has 4 aromatic rings. The second kappa shape index (κ2) is 7.45. The largest absolute Gasteiger partial charge is 0.454 e. The van der Waals surface area contributed by atoms with E-state index in [1.54, 1.807) is 6.21 Å². The maximum Gasteiger partial charge on any atom is 0.231 e. The fraction of sp³-hybridized carbons (Fsp3) is 0.0435. The van der Waals surface area contributed by atoms with E-state index in [-0.39, 0.29) is 6.79 Å². The lowest BCUT2D eigenvalue weighted by Crippen LogP contribution is -1.96. The summed E-state index contributed by atoms with van der Waals surface area (Å²) in [6.07, 6.45) is 1.72. The molecule has 0 unspecified atom stereocenters. The molecule has 3 aromatic carbocycles. The number of hydrogen-bond donors (Lipinski definition) is 1. The molecule has 0 spiro atoms. The van der Waals surface area contributed by atoms with Crippen LogP contribution in [0.5, 0.6) is 11.5 Å². The Labute approximate surface area is 172 Å². The Balaban J connectivity index is 1.48. The van der Waals surface area contributed by atoms with E-state index in [1.165, 1.54) is 0 Å². The number of halogens is 1. The molecular formula is C23H16ClN3O2. The third-order valence-corrected chi connectivity index (χ3v) is 4.88. The van der Waals surface area contributed by atoms with Crippen LogP contribution in [0, 0.1) is 0 Å². The van der Waals surface area contributed by atoms with Crippen molar-refractivity contribution in [1.82, 2.24) is 4.98 Å². The molecule has 29 heavy (non-hydrogen) atoms. The van der Waals surface area contributed by atoms with Gasteiger partial charge in [-0.2, -0.15) is 5.10 Å². The van der Waals surface area contributed by atoms with Gasteiger partial charge in [-0.05, 0) is 59.2 Å². The average Bonchev–Trinajstić information content (AvgIpc) is 3.22. The number of ether oxygens (including phenoxy) is 2. The van der Waals surface area contributed by atoms with E-state index in [0.29, 0.717) is 10.8 Å². The summed E-state index contributed by atoms with van der Waals surface area (Å²) >= 11 is 6.22. The van der Waals surface area contributed by atoms with E-state index in [2.05, 4.69) is 27.6 Å². The van der Waals surface area contributed by atoms with Gasteiger partial charge in [0.2, 0.25) is 6.79 Å². The van der Waals surface area contributed by atoms with Crippen LogP contribution in [0.1, 0.15) is 5.56 Å². The highest BCUT2D eigenvalue weighted by atomic mass is 35.5. The van der Waals surface area contributed by atoms with Crippen LogP contribution in [0.4, 0.5) is 5.82 Å². The van der Waals surface area contributed by atoms with Gasteiger partial charge in [-0.1, -0.05) is 41.9 Å².